The first-order valence-electron chi connectivity index (χ1n) is 11.7. The molecule has 36 heavy (non-hydrogen) atoms. The van der Waals surface area contributed by atoms with Crippen molar-refractivity contribution < 1.29 is 28.6 Å². The van der Waals surface area contributed by atoms with Gasteiger partial charge < -0.3 is 19.5 Å². The van der Waals surface area contributed by atoms with E-state index in [1.54, 1.807) is 45.0 Å². The van der Waals surface area contributed by atoms with Crippen molar-refractivity contribution in [2.45, 2.75) is 38.5 Å². The molecule has 8 nitrogen and oxygen atoms in total. The number of nitrogens with one attached hydrogen (secondary N) is 1. The maximum absolute atomic E-state index is 13.1. The van der Waals surface area contributed by atoms with Gasteiger partial charge in [0.2, 0.25) is 5.91 Å². The quantitative estimate of drug-likeness (QED) is 0.530. The summed E-state index contributed by atoms with van der Waals surface area (Å²) < 4.78 is 16.5. The fraction of sp³-hybridized carbons (Fsp3) is 0.321. The topological polar surface area (TPSA) is 94.2 Å². The Kier molecular flexibility index (Phi) is 7.15. The number of piperazine rings is 1. The monoisotopic (exact) mass is 490 g/mol. The molecule has 3 aromatic rings. The van der Waals surface area contributed by atoms with Crippen molar-refractivity contribution in [3.8, 4) is 5.75 Å². The first kappa shape index (κ1) is 25.0. The standard InChI is InChI=1S/C28H30N2O6/c1-28(2,3)36-27(33)30-16-24(31)29-23(25(30)19-9-11-20(12-10-19)26(32)34-4)17-35-22-14-13-18-7-5-6-8-21(18)15-22/h5-15,23,25H,16-17H2,1-4H3,(H,29,31). The minimum absolute atomic E-state index is 0.118. The van der Waals surface area contributed by atoms with Gasteiger partial charge in [-0.3, -0.25) is 9.69 Å². The highest BCUT2D eigenvalue weighted by atomic mass is 16.6. The predicted octanol–water partition coefficient (Wildman–Crippen LogP) is 4.48. The fourth-order valence-electron chi connectivity index (χ4n) is 4.22. The third-order valence-electron chi connectivity index (χ3n) is 5.83. The van der Waals surface area contributed by atoms with Crippen LogP contribution in [0.1, 0.15) is 42.7 Å². The number of benzene rings is 3. The van der Waals surface area contributed by atoms with Crippen LogP contribution >= 0.6 is 0 Å². The van der Waals surface area contributed by atoms with Crippen LogP contribution in [-0.4, -0.2) is 54.8 Å². The molecule has 1 N–H and O–H groups in total. The summed E-state index contributed by atoms with van der Waals surface area (Å²) in [6.07, 6.45) is -0.602. The molecule has 3 aromatic carbocycles. The Morgan fingerprint density at radius 1 is 1.00 bits per heavy atom. The molecule has 188 valence electrons. The molecule has 2 unspecified atom stereocenters. The Morgan fingerprint density at radius 2 is 1.69 bits per heavy atom. The van der Waals surface area contributed by atoms with Crippen LogP contribution in [0.25, 0.3) is 10.8 Å². The number of hydrogen-bond donors (Lipinski definition) is 1. The molecule has 1 aliphatic heterocycles. The number of rotatable bonds is 5. The zero-order chi connectivity index (χ0) is 25.9. The molecule has 1 heterocycles. The number of esters is 1. The van der Waals surface area contributed by atoms with Gasteiger partial charge in [0.05, 0.1) is 24.8 Å². The van der Waals surface area contributed by atoms with Crippen LogP contribution in [0.3, 0.4) is 0 Å². The Labute approximate surface area is 210 Å². The minimum atomic E-state index is -0.735. The highest BCUT2D eigenvalue weighted by Crippen LogP contribution is 2.30. The van der Waals surface area contributed by atoms with Crippen molar-refractivity contribution in [1.29, 1.82) is 0 Å². The molecule has 2 amide bonds. The Hall–Kier alpha value is -4.07. The van der Waals surface area contributed by atoms with Gasteiger partial charge >= 0.3 is 12.1 Å². The summed E-state index contributed by atoms with van der Waals surface area (Å²) in [7, 11) is 1.32. The molecule has 2 atom stereocenters. The number of carbonyl (C=O) groups excluding carboxylic acids is 3. The molecular weight excluding hydrogens is 460 g/mol. The number of carbonyl (C=O) groups is 3. The summed E-state index contributed by atoms with van der Waals surface area (Å²) >= 11 is 0. The maximum atomic E-state index is 13.1. The molecule has 1 saturated heterocycles. The lowest BCUT2D eigenvalue weighted by Gasteiger charge is -2.41. The van der Waals surface area contributed by atoms with Crippen LogP contribution in [0.5, 0.6) is 5.75 Å². The third-order valence-corrected chi connectivity index (χ3v) is 5.83. The van der Waals surface area contributed by atoms with Crippen molar-refractivity contribution in [2.24, 2.45) is 0 Å². The van der Waals surface area contributed by atoms with Crippen molar-refractivity contribution in [2.75, 3.05) is 20.3 Å². The highest BCUT2D eigenvalue weighted by molar-refractivity contribution is 5.89. The average Bonchev–Trinajstić information content (AvgIpc) is 2.85. The second kappa shape index (κ2) is 10.3. The van der Waals surface area contributed by atoms with Crippen LogP contribution in [0.2, 0.25) is 0 Å². The number of fused-ring (bicyclic) bond motifs is 1. The number of amides is 2. The molecule has 1 fully saturated rings. The van der Waals surface area contributed by atoms with Crippen LogP contribution in [0.4, 0.5) is 4.79 Å². The molecule has 0 saturated carbocycles. The van der Waals surface area contributed by atoms with Gasteiger partial charge in [0.25, 0.3) is 0 Å². The normalized spacial score (nSPS) is 17.9. The molecule has 0 aliphatic carbocycles. The van der Waals surface area contributed by atoms with Gasteiger partial charge in [0, 0.05) is 0 Å². The van der Waals surface area contributed by atoms with Crippen molar-refractivity contribution in [3.63, 3.8) is 0 Å². The maximum Gasteiger partial charge on any atom is 0.411 e. The van der Waals surface area contributed by atoms with E-state index in [0.717, 1.165) is 16.3 Å². The SMILES string of the molecule is COC(=O)c1ccc(C2C(COc3ccc4ccccc4c3)NC(=O)CN2C(=O)OC(C)(C)C)cc1. The van der Waals surface area contributed by atoms with E-state index in [-0.39, 0.29) is 19.1 Å². The first-order chi connectivity index (χ1) is 17.1. The van der Waals surface area contributed by atoms with Crippen LogP contribution in [0, 0.1) is 0 Å². The van der Waals surface area contributed by atoms with Gasteiger partial charge in [-0.05, 0) is 61.4 Å². The summed E-state index contributed by atoms with van der Waals surface area (Å²) in [6, 6.07) is 19.3. The predicted molar refractivity (Wildman–Crippen MR) is 135 cm³/mol. The summed E-state index contributed by atoms with van der Waals surface area (Å²) in [5.74, 6) is -0.119. The van der Waals surface area contributed by atoms with Crippen molar-refractivity contribution in [1.82, 2.24) is 10.2 Å². The zero-order valence-electron chi connectivity index (χ0n) is 20.8. The second-order valence-corrected chi connectivity index (χ2v) is 9.66. The van der Waals surface area contributed by atoms with Crippen molar-refractivity contribution in [3.05, 3.63) is 77.9 Å². The molecule has 1 aliphatic rings. The lowest BCUT2D eigenvalue weighted by atomic mass is 9.95. The lowest BCUT2D eigenvalue weighted by molar-refractivity contribution is -0.128. The largest absolute Gasteiger partial charge is 0.491 e. The summed E-state index contributed by atoms with van der Waals surface area (Å²) in [6.45, 7) is 5.28. The van der Waals surface area contributed by atoms with E-state index in [4.69, 9.17) is 14.2 Å². The van der Waals surface area contributed by atoms with Crippen LogP contribution in [0.15, 0.2) is 66.7 Å². The van der Waals surface area contributed by atoms with Gasteiger partial charge in [0.15, 0.2) is 0 Å². The van der Waals surface area contributed by atoms with E-state index in [1.165, 1.54) is 12.0 Å². The molecule has 4 rings (SSSR count). The van der Waals surface area contributed by atoms with Crippen LogP contribution < -0.4 is 10.1 Å². The summed E-state index contributed by atoms with van der Waals surface area (Å²) in [5.41, 5.74) is 0.371. The van der Waals surface area contributed by atoms with Gasteiger partial charge in [-0.15, -0.1) is 0 Å². The molecule has 0 bridgehead atoms. The fourth-order valence-corrected chi connectivity index (χ4v) is 4.22. The second-order valence-electron chi connectivity index (χ2n) is 9.66. The molecule has 0 spiro atoms. The number of nitrogens with zero attached hydrogens (tertiary/aromatic N) is 1. The van der Waals surface area contributed by atoms with Crippen molar-refractivity contribution >= 4 is 28.7 Å². The van der Waals surface area contributed by atoms with E-state index in [0.29, 0.717) is 11.3 Å². The molecule has 0 radical (unpaired) electrons. The molecular formula is C28H30N2O6. The van der Waals surface area contributed by atoms with Crippen LogP contribution in [-0.2, 0) is 14.3 Å². The Morgan fingerprint density at radius 3 is 2.36 bits per heavy atom. The minimum Gasteiger partial charge on any atom is -0.491 e. The van der Waals surface area contributed by atoms with Gasteiger partial charge in [-0.2, -0.15) is 0 Å². The van der Waals surface area contributed by atoms with Gasteiger partial charge in [0.1, 0.15) is 24.5 Å². The zero-order valence-corrected chi connectivity index (χ0v) is 20.8. The Bertz CT molecular complexity index is 1270. The summed E-state index contributed by atoms with van der Waals surface area (Å²) in [4.78, 5) is 39.1. The Balaban J connectivity index is 1.63. The average molecular weight is 491 g/mol. The van der Waals surface area contributed by atoms with E-state index in [1.807, 2.05) is 42.5 Å². The molecule has 8 heteroatoms. The number of hydrogen-bond acceptors (Lipinski definition) is 6. The number of ether oxygens (including phenoxy) is 3. The molecule has 0 aromatic heterocycles. The lowest BCUT2D eigenvalue weighted by Crippen LogP contribution is -2.59. The van der Waals surface area contributed by atoms with Gasteiger partial charge in [-0.25, -0.2) is 9.59 Å². The van der Waals surface area contributed by atoms with E-state index in [9.17, 15) is 14.4 Å². The number of methoxy groups -OCH3 is 1. The third kappa shape index (κ3) is 5.76. The van der Waals surface area contributed by atoms with Gasteiger partial charge in [-0.1, -0.05) is 42.5 Å². The van der Waals surface area contributed by atoms with E-state index >= 15 is 0 Å². The smallest absolute Gasteiger partial charge is 0.411 e. The summed E-state index contributed by atoms with van der Waals surface area (Å²) in [5, 5.41) is 5.09. The van der Waals surface area contributed by atoms with E-state index in [2.05, 4.69) is 5.32 Å². The highest BCUT2D eigenvalue weighted by Gasteiger charge is 2.41. The first-order valence-corrected chi connectivity index (χ1v) is 11.7. The van der Waals surface area contributed by atoms with E-state index < -0.39 is 29.7 Å².